The molecule has 0 aliphatic heterocycles. The van der Waals surface area contributed by atoms with Crippen LogP contribution >= 0.6 is 15.9 Å². The monoisotopic (exact) mass is 493 g/mol. The van der Waals surface area contributed by atoms with Gasteiger partial charge in [0.2, 0.25) is 11.6 Å². The van der Waals surface area contributed by atoms with Crippen LogP contribution in [0.25, 0.3) is 10.9 Å². The molecule has 0 radical (unpaired) electrons. The van der Waals surface area contributed by atoms with Crippen LogP contribution in [0.2, 0.25) is 0 Å². The Kier molecular flexibility index (Phi) is 5.90. The van der Waals surface area contributed by atoms with Crippen molar-refractivity contribution in [3.05, 3.63) is 86.8 Å². The first kappa shape index (κ1) is 21.1. The Hall–Kier alpha value is -4.12. The SMILES string of the molecule is Cc1ccc2c(Nc3ncnc(NNC(=O)c4ccccc4Br)c3[N+](=O)[O-])cccc2n1. The molecule has 2 heterocycles. The fourth-order valence-corrected chi connectivity index (χ4v) is 3.52. The predicted molar refractivity (Wildman–Crippen MR) is 124 cm³/mol. The minimum Gasteiger partial charge on any atom is -0.334 e. The number of aromatic nitrogens is 3. The van der Waals surface area contributed by atoms with Crippen molar-refractivity contribution >= 4 is 55.8 Å². The summed E-state index contributed by atoms with van der Waals surface area (Å²) in [5, 5.41) is 15.6. The molecular weight excluding hydrogens is 478 g/mol. The van der Waals surface area contributed by atoms with Crippen LogP contribution in [-0.4, -0.2) is 25.8 Å². The van der Waals surface area contributed by atoms with Crippen molar-refractivity contribution in [1.82, 2.24) is 20.4 Å². The van der Waals surface area contributed by atoms with E-state index >= 15 is 0 Å². The third-order valence-electron chi connectivity index (χ3n) is 4.54. The average Bonchev–Trinajstić information content (AvgIpc) is 2.77. The smallest absolute Gasteiger partial charge is 0.334 e. The molecule has 0 spiro atoms. The Morgan fingerprint density at radius 1 is 1.03 bits per heavy atom. The van der Waals surface area contributed by atoms with Crippen molar-refractivity contribution in [2.75, 3.05) is 10.7 Å². The van der Waals surface area contributed by atoms with E-state index in [1.165, 1.54) is 0 Å². The fourth-order valence-electron chi connectivity index (χ4n) is 3.06. The second-order valence-corrected chi connectivity index (χ2v) is 7.54. The maximum Gasteiger partial charge on any atom is 0.355 e. The van der Waals surface area contributed by atoms with Gasteiger partial charge < -0.3 is 5.32 Å². The van der Waals surface area contributed by atoms with E-state index in [1.807, 2.05) is 25.1 Å². The largest absolute Gasteiger partial charge is 0.355 e. The summed E-state index contributed by atoms with van der Waals surface area (Å²) in [7, 11) is 0. The number of hydrogen-bond donors (Lipinski definition) is 3. The molecule has 0 fully saturated rings. The van der Waals surface area contributed by atoms with E-state index in [4.69, 9.17) is 0 Å². The van der Waals surface area contributed by atoms with Crippen LogP contribution in [0.4, 0.5) is 23.0 Å². The highest BCUT2D eigenvalue weighted by Crippen LogP contribution is 2.33. The first-order valence-corrected chi connectivity index (χ1v) is 10.2. The van der Waals surface area contributed by atoms with Gasteiger partial charge in [-0.15, -0.1) is 0 Å². The van der Waals surface area contributed by atoms with Crippen LogP contribution in [0.1, 0.15) is 16.1 Å². The molecule has 3 N–H and O–H groups in total. The van der Waals surface area contributed by atoms with E-state index < -0.39 is 16.5 Å². The molecule has 0 aliphatic carbocycles. The number of aryl methyl sites for hydroxylation is 1. The Morgan fingerprint density at radius 3 is 2.59 bits per heavy atom. The molecule has 0 saturated heterocycles. The zero-order valence-electron chi connectivity index (χ0n) is 16.7. The van der Waals surface area contributed by atoms with E-state index in [-0.39, 0.29) is 11.6 Å². The van der Waals surface area contributed by atoms with Crippen LogP contribution in [0.3, 0.4) is 0 Å². The fraction of sp³-hybridized carbons (Fsp3) is 0.0476. The maximum absolute atomic E-state index is 12.4. The van der Waals surface area contributed by atoms with Crippen LogP contribution in [0, 0.1) is 17.0 Å². The number of nitro groups is 1. The molecule has 2 aromatic heterocycles. The summed E-state index contributed by atoms with van der Waals surface area (Å²) in [6, 6.07) is 15.9. The number of benzene rings is 2. The van der Waals surface area contributed by atoms with Gasteiger partial charge in [0.05, 0.1) is 16.0 Å². The molecule has 32 heavy (non-hydrogen) atoms. The number of anilines is 3. The summed E-state index contributed by atoms with van der Waals surface area (Å²) in [5.74, 6) is -0.687. The molecule has 4 rings (SSSR count). The highest BCUT2D eigenvalue weighted by molar-refractivity contribution is 9.10. The Labute approximate surface area is 190 Å². The van der Waals surface area contributed by atoms with E-state index in [9.17, 15) is 14.9 Å². The van der Waals surface area contributed by atoms with Gasteiger partial charge in [0.25, 0.3) is 5.91 Å². The number of carbonyl (C=O) groups is 1. The Balaban J connectivity index is 1.64. The number of hydrazine groups is 1. The minimum atomic E-state index is -0.622. The lowest BCUT2D eigenvalue weighted by molar-refractivity contribution is -0.383. The van der Waals surface area contributed by atoms with Gasteiger partial charge in [0.15, 0.2) is 0 Å². The molecule has 160 valence electrons. The van der Waals surface area contributed by atoms with E-state index in [0.717, 1.165) is 22.9 Å². The number of rotatable bonds is 6. The number of carbonyl (C=O) groups excluding carboxylic acids is 1. The number of amides is 1. The molecule has 0 bridgehead atoms. The van der Waals surface area contributed by atoms with Crippen LogP contribution in [0.15, 0.2) is 65.4 Å². The van der Waals surface area contributed by atoms with Gasteiger partial charge in [0, 0.05) is 21.2 Å². The van der Waals surface area contributed by atoms with Crippen molar-refractivity contribution in [2.24, 2.45) is 0 Å². The molecule has 11 heteroatoms. The normalized spacial score (nSPS) is 10.6. The van der Waals surface area contributed by atoms with Crippen LogP contribution in [0.5, 0.6) is 0 Å². The van der Waals surface area contributed by atoms with Crippen LogP contribution in [-0.2, 0) is 0 Å². The molecule has 2 aromatic carbocycles. The molecular formula is C21H16BrN7O3. The zero-order valence-corrected chi connectivity index (χ0v) is 18.3. The topological polar surface area (TPSA) is 135 Å². The van der Waals surface area contributed by atoms with Gasteiger partial charge in [-0.2, -0.15) is 0 Å². The molecule has 10 nitrogen and oxygen atoms in total. The molecule has 0 saturated carbocycles. The van der Waals surface area contributed by atoms with Crippen molar-refractivity contribution in [1.29, 1.82) is 0 Å². The summed E-state index contributed by atoms with van der Waals surface area (Å²) in [5.41, 5.74) is 7.08. The summed E-state index contributed by atoms with van der Waals surface area (Å²) in [6.07, 6.45) is 1.16. The highest BCUT2D eigenvalue weighted by atomic mass is 79.9. The van der Waals surface area contributed by atoms with Crippen molar-refractivity contribution in [3.63, 3.8) is 0 Å². The van der Waals surface area contributed by atoms with Crippen LogP contribution < -0.4 is 16.2 Å². The summed E-state index contributed by atoms with van der Waals surface area (Å²) in [4.78, 5) is 36.1. The average molecular weight is 494 g/mol. The predicted octanol–water partition coefficient (Wildman–Crippen LogP) is 4.50. The number of fused-ring (bicyclic) bond motifs is 1. The van der Waals surface area contributed by atoms with Gasteiger partial charge >= 0.3 is 5.69 Å². The third kappa shape index (κ3) is 4.32. The summed E-state index contributed by atoms with van der Waals surface area (Å²) in [6.45, 7) is 1.88. The molecule has 0 atom stereocenters. The standard InChI is InChI=1S/C21H16BrN7O3/c1-12-9-10-14-16(25-12)7-4-8-17(14)26-19-18(29(31)32)20(24-11-23-19)27-28-21(30)13-5-2-3-6-15(13)22/h2-11H,1H3,(H,28,30)(H2,23,24,26,27). The van der Waals surface area contributed by atoms with Crippen molar-refractivity contribution < 1.29 is 9.72 Å². The molecule has 0 aliphatic rings. The molecule has 4 aromatic rings. The summed E-state index contributed by atoms with van der Waals surface area (Å²) >= 11 is 3.30. The second-order valence-electron chi connectivity index (χ2n) is 6.69. The third-order valence-corrected chi connectivity index (χ3v) is 5.23. The lowest BCUT2D eigenvalue weighted by Crippen LogP contribution is -2.30. The van der Waals surface area contributed by atoms with Gasteiger partial charge in [0.1, 0.15) is 6.33 Å². The van der Waals surface area contributed by atoms with E-state index in [1.54, 1.807) is 36.4 Å². The van der Waals surface area contributed by atoms with Gasteiger partial charge in [-0.05, 0) is 59.3 Å². The van der Waals surface area contributed by atoms with Gasteiger partial charge in [-0.25, -0.2) is 9.97 Å². The number of pyridine rings is 1. The Bertz CT molecular complexity index is 1350. The highest BCUT2D eigenvalue weighted by Gasteiger charge is 2.24. The quantitative estimate of drug-likeness (QED) is 0.263. The maximum atomic E-state index is 12.4. The number of nitrogens with zero attached hydrogens (tertiary/aromatic N) is 4. The number of nitrogens with one attached hydrogen (secondary N) is 3. The molecule has 0 unspecified atom stereocenters. The minimum absolute atomic E-state index is 0.0317. The lowest BCUT2D eigenvalue weighted by atomic mass is 10.1. The van der Waals surface area contributed by atoms with E-state index in [2.05, 4.69) is 47.1 Å². The van der Waals surface area contributed by atoms with Gasteiger partial charge in [-0.3, -0.25) is 30.7 Å². The first-order valence-electron chi connectivity index (χ1n) is 9.37. The van der Waals surface area contributed by atoms with Crippen molar-refractivity contribution in [3.8, 4) is 0 Å². The second kappa shape index (κ2) is 8.94. The Morgan fingerprint density at radius 2 is 1.81 bits per heavy atom. The number of halogens is 1. The van der Waals surface area contributed by atoms with Crippen molar-refractivity contribution in [2.45, 2.75) is 6.92 Å². The summed E-state index contributed by atoms with van der Waals surface area (Å²) < 4.78 is 0.582. The number of hydrogen-bond acceptors (Lipinski definition) is 8. The van der Waals surface area contributed by atoms with Gasteiger partial charge in [-0.1, -0.05) is 18.2 Å². The molecule has 1 amide bonds. The lowest BCUT2D eigenvalue weighted by Gasteiger charge is -2.12. The van der Waals surface area contributed by atoms with E-state index in [0.29, 0.717) is 15.7 Å². The zero-order chi connectivity index (χ0) is 22.7. The first-order chi connectivity index (χ1) is 15.4.